The Labute approximate surface area is 166 Å². The van der Waals surface area contributed by atoms with E-state index < -0.39 is 9.84 Å². The lowest BCUT2D eigenvalue weighted by Gasteiger charge is -2.26. The quantitative estimate of drug-likeness (QED) is 0.754. The minimum Gasteiger partial charge on any atom is -0.495 e. The zero-order valence-electron chi connectivity index (χ0n) is 14.6. The van der Waals surface area contributed by atoms with E-state index in [1.807, 2.05) is 46.7 Å². The van der Waals surface area contributed by atoms with Crippen LogP contribution in [0.2, 0.25) is 0 Å². The van der Waals surface area contributed by atoms with Gasteiger partial charge >= 0.3 is 0 Å². The fourth-order valence-corrected chi connectivity index (χ4v) is 8.00. The molecule has 3 heterocycles. The molecule has 0 radical (unpaired) electrons. The molecule has 4 rings (SSSR count). The van der Waals surface area contributed by atoms with Gasteiger partial charge in [-0.2, -0.15) is 4.99 Å². The standard InChI is InChI=1S/C18H18N2O4S3/c1-24-15-7-3-2-6-13(15)20-14-10-27(22,23)11-16(14)26-18(20)19-17(21)9-12-5-4-8-25-12/h2-8,14,16H,9-11H2,1H3/t14-,16+/m1/s1. The number of ether oxygens (including phenoxy) is 1. The SMILES string of the molecule is COc1ccccc1N1C(=NC(=O)Cc2cccs2)S[C@H]2CS(=O)(=O)C[C@H]21. The number of carbonyl (C=O) groups excluding carboxylic acids is 1. The van der Waals surface area contributed by atoms with Crippen molar-refractivity contribution in [2.24, 2.45) is 4.99 Å². The van der Waals surface area contributed by atoms with Crippen molar-refractivity contribution >= 4 is 49.7 Å². The molecule has 2 fully saturated rings. The molecule has 2 aliphatic heterocycles. The Bertz CT molecular complexity index is 986. The lowest BCUT2D eigenvalue weighted by molar-refractivity contribution is -0.117. The number of fused-ring (bicyclic) bond motifs is 1. The summed E-state index contributed by atoms with van der Waals surface area (Å²) in [6.07, 6.45) is 0.245. The fourth-order valence-electron chi connectivity index (χ4n) is 3.38. The molecule has 1 aromatic heterocycles. The van der Waals surface area contributed by atoms with Gasteiger partial charge in [0, 0.05) is 10.1 Å². The van der Waals surface area contributed by atoms with Gasteiger partial charge in [-0.15, -0.1) is 11.3 Å². The molecule has 2 aliphatic rings. The number of rotatable bonds is 4. The summed E-state index contributed by atoms with van der Waals surface area (Å²) >= 11 is 2.89. The maximum absolute atomic E-state index is 12.5. The number of thioether (sulfide) groups is 1. The van der Waals surface area contributed by atoms with E-state index in [0.29, 0.717) is 10.9 Å². The second-order valence-corrected chi connectivity index (χ2v) is 10.8. The van der Waals surface area contributed by atoms with Crippen LogP contribution in [0.15, 0.2) is 46.8 Å². The smallest absolute Gasteiger partial charge is 0.253 e. The molecule has 0 bridgehead atoms. The fraction of sp³-hybridized carbons (Fsp3) is 0.333. The third-order valence-electron chi connectivity index (χ3n) is 4.54. The molecule has 2 saturated heterocycles. The van der Waals surface area contributed by atoms with Crippen LogP contribution in [-0.4, -0.2) is 49.4 Å². The topological polar surface area (TPSA) is 76.0 Å². The van der Waals surface area contributed by atoms with Gasteiger partial charge in [0.05, 0.1) is 36.8 Å². The first kappa shape index (κ1) is 18.5. The predicted molar refractivity (Wildman–Crippen MR) is 110 cm³/mol. The van der Waals surface area contributed by atoms with Gasteiger partial charge in [-0.05, 0) is 23.6 Å². The van der Waals surface area contributed by atoms with E-state index in [0.717, 1.165) is 10.6 Å². The lowest BCUT2D eigenvalue weighted by atomic mass is 10.2. The molecule has 9 heteroatoms. The normalized spacial score (nSPS) is 24.9. The van der Waals surface area contributed by atoms with Crippen LogP contribution < -0.4 is 9.64 Å². The van der Waals surface area contributed by atoms with Gasteiger partial charge in [0.25, 0.3) is 5.91 Å². The lowest BCUT2D eigenvalue weighted by Crippen LogP contribution is -2.38. The van der Waals surface area contributed by atoms with Gasteiger partial charge in [-0.25, -0.2) is 8.42 Å². The molecule has 27 heavy (non-hydrogen) atoms. The van der Waals surface area contributed by atoms with Gasteiger partial charge in [0.15, 0.2) is 15.0 Å². The van der Waals surface area contributed by atoms with Gasteiger partial charge in [-0.1, -0.05) is 30.0 Å². The van der Waals surface area contributed by atoms with Crippen molar-refractivity contribution in [3.63, 3.8) is 0 Å². The summed E-state index contributed by atoms with van der Waals surface area (Å²) < 4.78 is 29.7. The van der Waals surface area contributed by atoms with Gasteiger partial charge in [0.2, 0.25) is 0 Å². The highest BCUT2D eigenvalue weighted by atomic mass is 32.2. The van der Waals surface area contributed by atoms with Crippen LogP contribution in [0.4, 0.5) is 5.69 Å². The van der Waals surface area contributed by atoms with Crippen molar-refractivity contribution in [3.8, 4) is 5.75 Å². The predicted octanol–water partition coefficient (Wildman–Crippen LogP) is 2.60. The minimum absolute atomic E-state index is 0.0564. The van der Waals surface area contributed by atoms with Crippen LogP contribution in [-0.2, 0) is 21.1 Å². The number of amidine groups is 1. The van der Waals surface area contributed by atoms with Gasteiger partial charge < -0.3 is 9.64 Å². The molecule has 2 aromatic rings. The van der Waals surface area contributed by atoms with E-state index in [-0.39, 0.29) is 35.1 Å². The first-order chi connectivity index (χ1) is 13.0. The van der Waals surface area contributed by atoms with Gasteiger partial charge in [0.1, 0.15) is 5.75 Å². The number of sulfone groups is 1. The molecular formula is C18H18N2O4S3. The molecule has 2 atom stereocenters. The van der Waals surface area contributed by atoms with Crippen molar-refractivity contribution < 1.29 is 17.9 Å². The van der Waals surface area contributed by atoms with E-state index in [2.05, 4.69) is 4.99 Å². The number of hydrogen-bond acceptors (Lipinski definition) is 6. The van der Waals surface area contributed by atoms with Crippen molar-refractivity contribution in [1.82, 2.24) is 0 Å². The van der Waals surface area contributed by atoms with E-state index in [1.165, 1.54) is 23.1 Å². The Kier molecular flexibility index (Phi) is 5.00. The number of para-hydroxylation sites is 2. The maximum atomic E-state index is 12.5. The molecule has 0 unspecified atom stereocenters. The highest BCUT2D eigenvalue weighted by molar-refractivity contribution is 8.16. The van der Waals surface area contributed by atoms with Crippen LogP contribution in [0.3, 0.4) is 0 Å². The number of anilines is 1. The summed E-state index contributed by atoms with van der Waals surface area (Å²) in [7, 11) is -1.53. The molecule has 0 aliphatic carbocycles. The van der Waals surface area contributed by atoms with E-state index in [1.54, 1.807) is 7.11 Å². The second-order valence-electron chi connectivity index (χ2n) is 6.39. The van der Waals surface area contributed by atoms with Crippen LogP contribution in [0.1, 0.15) is 4.88 Å². The zero-order chi connectivity index (χ0) is 19.0. The highest BCUT2D eigenvalue weighted by Crippen LogP contribution is 2.43. The Morgan fingerprint density at radius 1 is 1.26 bits per heavy atom. The van der Waals surface area contributed by atoms with Crippen molar-refractivity contribution in [1.29, 1.82) is 0 Å². The van der Waals surface area contributed by atoms with Crippen LogP contribution >= 0.6 is 23.1 Å². The number of hydrogen-bond donors (Lipinski definition) is 0. The molecular weight excluding hydrogens is 404 g/mol. The van der Waals surface area contributed by atoms with Gasteiger partial charge in [-0.3, -0.25) is 4.79 Å². The number of amides is 1. The number of nitrogens with zero attached hydrogens (tertiary/aromatic N) is 2. The Hall–Kier alpha value is -1.84. The van der Waals surface area contributed by atoms with E-state index in [9.17, 15) is 13.2 Å². The number of thiophene rings is 1. The Morgan fingerprint density at radius 2 is 2.07 bits per heavy atom. The van der Waals surface area contributed by atoms with Crippen LogP contribution in [0.25, 0.3) is 0 Å². The zero-order valence-corrected chi connectivity index (χ0v) is 17.0. The Morgan fingerprint density at radius 3 is 2.81 bits per heavy atom. The first-order valence-electron chi connectivity index (χ1n) is 8.40. The number of benzene rings is 1. The molecule has 1 amide bonds. The summed E-state index contributed by atoms with van der Waals surface area (Å²) in [6, 6.07) is 11.0. The summed E-state index contributed by atoms with van der Waals surface area (Å²) in [6.45, 7) is 0. The van der Waals surface area contributed by atoms with Crippen molar-refractivity contribution in [2.45, 2.75) is 17.7 Å². The molecule has 0 N–H and O–H groups in total. The second kappa shape index (κ2) is 7.29. The number of methoxy groups -OCH3 is 1. The number of aliphatic imine (C=N–C) groups is 1. The molecule has 0 saturated carbocycles. The third-order valence-corrected chi connectivity index (χ3v) is 8.62. The molecule has 6 nitrogen and oxygen atoms in total. The molecule has 0 spiro atoms. The van der Waals surface area contributed by atoms with E-state index in [4.69, 9.17) is 4.74 Å². The molecule has 1 aromatic carbocycles. The summed E-state index contributed by atoms with van der Waals surface area (Å²) in [5.74, 6) is 0.552. The minimum atomic E-state index is -3.10. The first-order valence-corrected chi connectivity index (χ1v) is 12.0. The average molecular weight is 423 g/mol. The number of carbonyl (C=O) groups is 1. The third kappa shape index (κ3) is 3.76. The van der Waals surface area contributed by atoms with Crippen LogP contribution in [0.5, 0.6) is 5.75 Å². The summed E-state index contributed by atoms with van der Waals surface area (Å²) in [5, 5.41) is 2.34. The largest absolute Gasteiger partial charge is 0.495 e. The van der Waals surface area contributed by atoms with E-state index >= 15 is 0 Å². The van der Waals surface area contributed by atoms with Crippen molar-refractivity contribution in [2.75, 3.05) is 23.5 Å². The maximum Gasteiger partial charge on any atom is 0.253 e. The van der Waals surface area contributed by atoms with Crippen molar-refractivity contribution in [3.05, 3.63) is 46.7 Å². The monoisotopic (exact) mass is 422 g/mol. The summed E-state index contributed by atoms with van der Waals surface area (Å²) in [5.41, 5.74) is 0.736. The highest BCUT2D eigenvalue weighted by Gasteiger charge is 2.50. The summed E-state index contributed by atoms with van der Waals surface area (Å²) in [4.78, 5) is 19.6. The van der Waals surface area contributed by atoms with Crippen LogP contribution in [0, 0.1) is 0 Å². The Balaban J connectivity index is 1.70. The average Bonchev–Trinajstić information content (AvgIpc) is 3.29. The molecule has 142 valence electrons.